The molecule has 0 aromatic heterocycles. The highest BCUT2D eigenvalue weighted by Gasteiger charge is 2.33. The summed E-state index contributed by atoms with van der Waals surface area (Å²) < 4.78 is 0. The summed E-state index contributed by atoms with van der Waals surface area (Å²) in [5.41, 5.74) is 0. The van der Waals surface area contributed by atoms with Crippen molar-refractivity contribution in [3.05, 3.63) is 0 Å². The largest absolute Gasteiger partial charge is 0.392 e. The molecule has 2 unspecified atom stereocenters. The van der Waals surface area contributed by atoms with Crippen molar-refractivity contribution in [1.29, 1.82) is 0 Å². The zero-order valence-corrected chi connectivity index (χ0v) is 13.7. The maximum atomic E-state index is 12.4. The number of nitrogens with zero attached hydrogens (tertiary/aromatic N) is 2. The van der Waals surface area contributed by atoms with Crippen molar-refractivity contribution in [3.8, 4) is 0 Å². The molecule has 3 aliphatic rings. The number of aliphatic hydroxyl groups is 1. The van der Waals surface area contributed by atoms with Gasteiger partial charge in [-0.1, -0.05) is 19.3 Å². The Balaban J connectivity index is 1.42. The summed E-state index contributed by atoms with van der Waals surface area (Å²) in [4.78, 5) is 28.3. The third kappa shape index (κ3) is 4.14. The molecular formula is C16H28N4O3. The third-order valence-electron chi connectivity index (χ3n) is 5.22. The molecule has 3 N–H and O–H groups in total. The molecule has 23 heavy (non-hydrogen) atoms. The Morgan fingerprint density at radius 2 is 1.65 bits per heavy atom. The van der Waals surface area contributed by atoms with E-state index in [2.05, 4.69) is 10.6 Å². The predicted octanol–water partition coefficient (Wildman–Crippen LogP) is -0.104. The average molecular weight is 324 g/mol. The van der Waals surface area contributed by atoms with Crippen LogP contribution >= 0.6 is 0 Å². The third-order valence-corrected chi connectivity index (χ3v) is 5.22. The predicted molar refractivity (Wildman–Crippen MR) is 86.0 cm³/mol. The summed E-state index contributed by atoms with van der Waals surface area (Å²) in [5, 5.41) is 15.7. The van der Waals surface area contributed by atoms with Gasteiger partial charge in [0.25, 0.3) is 0 Å². The van der Waals surface area contributed by atoms with Gasteiger partial charge in [0.1, 0.15) is 0 Å². The number of aliphatic hydroxyl groups excluding tert-OH is 1. The van der Waals surface area contributed by atoms with Crippen LogP contribution in [-0.2, 0) is 4.79 Å². The molecule has 0 radical (unpaired) electrons. The molecule has 0 aromatic rings. The van der Waals surface area contributed by atoms with Crippen LogP contribution in [0.5, 0.6) is 0 Å². The first-order valence-corrected chi connectivity index (χ1v) is 8.89. The van der Waals surface area contributed by atoms with E-state index in [1.807, 2.05) is 4.90 Å². The fraction of sp³-hybridized carbons (Fsp3) is 0.875. The van der Waals surface area contributed by atoms with Gasteiger partial charge in [0.15, 0.2) is 0 Å². The number of rotatable bonds is 2. The minimum atomic E-state index is -0.425. The molecule has 1 aliphatic carbocycles. The number of piperazine rings is 1. The van der Waals surface area contributed by atoms with Gasteiger partial charge in [-0.15, -0.1) is 0 Å². The van der Waals surface area contributed by atoms with Gasteiger partial charge in [-0.25, -0.2) is 4.79 Å². The molecular weight excluding hydrogens is 296 g/mol. The molecule has 2 atom stereocenters. The van der Waals surface area contributed by atoms with Crippen LogP contribution in [0.2, 0.25) is 0 Å². The summed E-state index contributed by atoms with van der Waals surface area (Å²) in [6.45, 7) is 2.80. The van der Waals surface area contributed by atoms with Crippen LogP contribution in [0.4, 0.5) is 4.79 Å². The molecule has 3 rings (SSSR count). The number of hydrogen-bond donors (Lipinski definition) is 3. The highest BCUT2D eigenvalue weighted by Crippen LogP contribution is 2.18. The topological polar surface area (TPSA) is 84.9 Å². The van der Waals surface area contributed by atoms with Crippen LogP contribution in [0.15, 0.2) is 0 Å². The van der Waals surface area contributed by atoms with E-state index >= 15 is 0 Å². The van der Waals surface area contributed by atoms with E-state index in [9.17, 15) is 14.7 Å². The van der Waals surface area contributed by atoms with Gasteiger partial charge in [0, 0.05) is 38.8 Å². The number of nitrogens with one attached hydrogen (secondary N) is 2. The highest BCUT2D eigenvalue weighted by molar-refractivity contribution is 5.83. The fourth-order valence-electron chi connectivity index (χ4n) is 3.77. The summed E-state index contributed by atoms with van der Waals surface area (Å²) >= 11 is 0. The number of carbonyl (C=O) groups excluding carboxylic acids is 2. The Hall–Kier alpha value is -1.34. The van der Waals surface area contributed by atoms with Gasteiger partial charge >= 0.3 is 6.03 Å². The quantitative estimate of drug-likeness (QED) is 0.662. The molecule has 2 saturated heterocycles. The Labute approximate surface area is 137 Å². The van der Waals surface area contributed by atoms with Gasteiger partial charge in [-0.2, -0.15) is 0 Å². The van der Waals surface area contributed by atoms with Gasteiger partial charge in [-0.3, -0.25) is 4.79 Å². The summed E-state index contributed by atoms with van der Waals surface area (Å²) in [6, 6.07) is 0.0612. The van der Waals surface area contributed by atoms with Crippen molar-refractivity contribution in [3.63, 3.8) is 0 Å². The lowest BCUT2D eigenvalue weighted by Crippen LogP contribution is -2.56. The Morgan fingerprint density at radius 3 is 2.26 bits per heavy atom. The van der Waals surface area contributed by atoms with Crippen LogP contribution < -0.4 is 10.6 Å². The first kappa shape index (κ1) is 16.5. The van der Waals surface area contributed by atoms with Crippen LogP contribution in [0.3, 0.4) is 0 Å². The Morgan fingerprint density at radius 1 is 1.00 bits per heavy atom. The van der Waals surface area contributed by atoms with E-state index in [-0.39, 0.29) is 18.0 Å². The number of carbonyl (C=O) groups is 2. The number of hydrogen-bond acceptors (Lipinski definition) is 4. The maximum absolute atomic E-state index is 12.4. The molecule has 2 heterocycles. The zero-order chi connectivity index (χ0) is 16.2. The van der Waals surface area contributed by atoms with Crippen molar-refractivity contribution < 1.29 is 14.7 Å². The van der Waals surface area contributed by atoms with Crippen LogP contribution in [0, 0.1) is 0 Å². The monoisotopic (exact) mass is 324 g/mol. The van der Waals surface area contributed by atoms with Crippen LogP contribution in [-0.4, -0.2) is 77.8 Å². The molecule has 0 aromatic carbocycles. The molecule has 130 valence electrons. The van der Waals surface area contributed by atoms with Crippen molar-refractivity contribution >= 4 is 11.9 Å². The van der Waals surface area contributed by atoms with E-state index in [1.54, 1.807) is 4.90 Å². The fourth-order valence-corrected chi connectivity index (χ4v) is 3.77. The van der Waals surface area contributed by atoms with Gasteiger partial charge < -0.3 is 25.5 Å². The number of amides is 3. The molecule has 3 amide bonds. The lowest BCUT2D eigenvalue weighted by molar-refractivity contribution is -0.134. The summed E-state index contributed by atoms with van der Waals surface area (Å²) in [6.07, 6.45) is 5.91. The minimum absolute atomic E-state index is 0.0124. The van der Waals surface area contributed by atoms with Crippen LogP contribution in [0.25, 0.3) is 0 Å². The summed E-state index contributed by atoms with van der Waals surface area (Å²) in [7, 11) is 0. The minimum Gasteiger partial charge on any atom is -0.392 e. The van der Waals surface area contributed by atoms with Crippen molar-refractivity contribution in [2.75, 3.05) is 32.7 Å². The molecule has 0 bridgehead atoms. The number of urea groups is 1. The van der Waals surface area contributed by atoms with E-state index in [4.69, 9.17) is 0 Å². The Bertz CT molecular complexity index is 431. The van der Waals surface area contributed by atoms with Crippen molar-refractivity contribution in [1.82, 2.24) is 20.4 Å². The van der Waals surface area contributed by atoms with Gasteiger partial charge in [0.05, 0.1) is 12.1 Å². The first-order valence-electron chi connectivity index (χ1n) is 8.89. The molecule has 7 nitrogen and oxygen atoms in total. The van der Waals surface area contributed by atoms with E-state index in [1.165, 1.54) is 19.3 Å². The lowest BCUT2D eigenvalue weighted by Gasteiger charge is -2.37. The molecule has 3 fully saturated rings. The number of β-amino-alcohol motifs (C(OH)–C–C–N with tert-alkyl or cyclic N) is 1. The maximum Gasteiger partial charge on any atom is 0.317 e. The zero-order valence-electron chi connectivity index (χ0n) is 13.7. The average Bonchev–Trinajstić information content (AvgIpc) is 3.02. The lowest BCUT2D eigenvalue weighted by atomic mass is 9.96. The molecule has 7 heteroatoms. The highest BCUT2D eigenvalue weighted by atomic mass is 16.3. The standard InChI is InChI=1S/C16H28N4O3/c21-13-10-14(17-11-13)15(22)19-6-8-20(9-7-19)16(23)18-12-4-2-1-3-5-12/h12-14,17,21H,1-11H2,(H,18,23). The SMILES string of the molecule is O=C(NC1CCCCC1)N1CCN(C(=O)C2CC(O)CN2)CC1. The Kier molecular flexibility index (Phi) is 5.38. The first-order chi connectivity index (χ1) is 11.1. The second kappa shape index (κ2) is 7.49. The molecule has 1 saturated carbocycles. The smallest absolute Gasteiger partial charge is 0.317 e. The normalized spacial score (nSPS) is 29.6. The van der Waals surface area contributed by atoms with Crippen molar-refractivity contribution in [2.24, 2.45) is 0 Å². The van der Waals surface area contributed by atoms with Crippen LogP contribution in [0.1, 0.15) is 38.5 Å². The van der Waals surface area contributed by atoms with E-state index < -0.39 is 6.10 Å². The van der Waals surface area contributed by atoms with Crippen molar-refractivity contribution in [2.45, 2.75) is 56.7 Å². The van der Waals surface area contributed by atoms with Gasteiger partial charge in [0.2, 0.25) is 5.91 Å². The van der Waals surface area contributed by atoms with E-state index in [0.717, 1.165) is 12.8 Å². The molecule has 2 aliphatic heterocycles. The second-order valence-corrected chi connectivity index (χ2v) is 6.95. The second-order valence-electron chi connectivity index (χ2n) is 6.95. The van der Waals surface area contributed by atoms with Gasteiger partial charge in [-0.05, 0) is 19.3 Å². The molecule has 0 spiro atoms. The van der Waals surface area contributed by atoms with E-state index in [0.29, 0.717) is 45.2 Å². The summed E-state index contributed by atoms with van der Waals surface area (Å²) in [5.74, 6) is 0.0499.